The standard InChI is InChI=1S/C40H50N4O4/c1-9-11-15-29-16-12-13-19-32(29)30-17-14-18-31(25-30)33-26-34-41-28(3)35(36(38(45)46-8)48-39(4,5)6)37(44(34)42-33)43-22-20-40(7,21-23-43)27-47-24-10-2/h9-10,12-14,16-19,25-26,36H,1-2,11,15,20-24,27H2,3-8H3/t36-/m0/s1. The van der Waals surface area contributed by atoms with E-state index >= 15 is 0 Å². The number of hydrogen-bond acceptors (Lipinski definition) is 7. The van der Waals surface area contributed by atoms with E-state index in [4.69, 9.17) is 24.3 Å². The van der Waals surface area contributed by atoms with Gasteiger partial charge in [-0.15, -0.1) is 13.2 Å². The number of nitrogens with zero attached hydrogens (tertiary/aromatic N) is 4. The Morgan fingerprint density at radius 3 is 2.46 bits per heavy atom. The first-order valence-electron chi connectivity index (χ1n) is 16.9. The second kappa shape index (κ2) is 14.9. The Morgan fingerprint density at radius 2 is 1.77 bits per heavy atom. The average Bonchev–Trinajstić information content (AvgIpc) is 3.49. The molecule has 8 heteroatoms. The van der Waals surface area contributed by atoms with Gasteiger partial charge in [-0.1, -0.05) is 61.5 Å². The summed E-state index contributed by atoms with van der Waals surface area (Å²) in [6.45, 7) is 20.4. The summed E-state index contributed by atoms with van der Waals surface area (Å²) in [5.41, 5.74) is 6.92. The van der Waals surface area contributed by atoms with Crippen LogP contribution in [0.25, 0.3) is 28.0 Å². The van der Waals surface area contributed by atoms with Crippen LogP contribution >= 0.6 is 0 Å². The molecule has 1 aliphatic rings. The molecule has 0 saturated carbocycles. The first kappa shape index (κ1) is 35.0. The highest BCUT2D eigenvalue weighted by atomic mass is 16.6. The van der Waals surface area contributed by atoms with Gasteiger partial charge in [0.15, 0.2) is 11.8 Å². The number of aryl methyl sites for hydroxylation is 2. The minimum absolute atomic E-state index is 0.0300. The minimum Gasteiger partial charge on any atom is -0.467 e. The Balaban J connectivity index is 1.62. The van der Waals surface area contributed by atoms with Crippen molar-refractivity contribution in [2.45, 2.75) is 72.0 Å². The van der Waals surface area contributed by atoms with Crippen molar-refractivity contribution in [3.05, 3.63) is 96.7 Å². The molecule has 2 aromatic carbocycles. The smallest absolute Gasteiger partial charge is 0.339 e. The van der Waals surface area contributed by atoms with E-state index < -0.39 is 17.7 Å². The molecule has 48 heavy (non-hydrogen) atoms. The topological polar surface area (TPSA) is 78.2 Å². The van der Waals surface area contributed by atoms with Gasteiger partial charge in [-0.05, 0) is 81.5 Å². The van der Waals surface area contributed by atoms with Crippen LogP contribution in [0.15, 0.2) is 79.9 Å². The quantitative estimate of drug-likeness (QED) is 0.0818. The molecule has 2 aromatic heterocycles. The van der Waals surface area contributed by atoms with Gasteiger partial charge in [0.25, 0.3) is 0 Å². The monoisotopic (exact) mass is 650 g/mol. The Kier molecular flexibility index (Phi) is 10.9. The van der Waals surface area contributed by atoms with Crippen molar-refractivity contribution in [1.29, 1.82) is 0 Å². The number of carbonyl (C=O) groups is 1. The van der Waals surface area contributed by atoms with Gasteiger partial charge in [0, 0.05) is 30.4 Å². The number of fused-ring (bicyclic) bond motifs is 1. The van der Waals surface area contributed by atoms with Gasteiger partial charge in [0.1, 0.15) is 5.82 Å². The summed E-state index contributed by atoms with van der Waals surface area (Å²) >= 11 is 0. The molecule has 0 radical (unpaired) electrons. The molecule has 1 aliphatic heterocycles. The van der Waals surface area contributed by atoms with E-state index in [1.165, 1.54) is 18.2 Å². The van der Waals surface area contributed by atoms with Gasteiger partial charge in [0.2, 0.25) is 0 Å². The molecule has 8 nitrogen and oxygen atoms in total. The summed E-state index contributed by atoms with van der Waals surface area (Å²) in [7, 11) is 1.40. The number of piperidine rings is 1. The first-order valence-corrected chi connectivity index (χ1v) is 16.9. The predicted octanol–water partition coefficient (Wildman–Crippen LogP) is 8.33. The van der Waals surface area contributed by atoms with Crippen molar-refractivity contribution in [3.63, 3.8) is 0 Å². The Labute approximate surface area is 285 Å². The van der Waals surface area contributed by atoms with Crippen molar-refractivity contribution in [2.24, 2.45) is 5.41 Å². The van der Waals surface area contributed by atoms with Gasteiger partial charge >= 0.3 is 5.97 Å². The van der Waals surface area contributed by atoms with Crippen LogP contribution in [0.2, 0.25) is 0 Å². The molecule has 1 fully saturated rings. The highest BCUT2D eigenvalue weighted by molar-refractivity contribution is 5.81. The Morgan fingerprint density at radius 1 is 1.04 bits per heavy atom. The fourth-order valence-electron chi connectivity index (χ4n) is 6.47. The third-order valence-electron chi connectivity index (χ3n) is 9.01. The third-order valence-corrected chi connectivity index (χ3v) is 9.01. The highest BCUT2D eigenvalue weighted by Gasteiger charge is 2.38. The maximum Gasteiger partial charge on any atom is 0.339 e. The maximum atomic E-state index is 13.4. The number of methoxy groups -OCH3 is 1. The molecule has 254 valence electrons. The second-order valence-corrected chi connectivity index (χ2v) is 14.0. The lowest BCUT2D eigenvalue weighted by Crippen LogP contribution is -2.43. The highest BCUT2D eigenvalue weighted by Crippen LogP contribution is 2.40. The summed E-state index contributed by atoms with van der Waals surface area (Å²) < 4.78 is 19.5. The number of aromatic nitrogens is 3. The van der Waals surface area contributed by atoms with Crippen LogP contribution in [-0.4, -0.2) is 59.6 Å². The van der Waals surface area contributed by atoms with Crippen molar-refractivity contribution >= 4 is 17.4 Å². The molecule has 0 N–H and O–H groups in total. The van der Waals surface area contributed by atoms with Crippen LogP contribution in [0.3, 0.4) is 0 Å². The summed E-state index contributed by atoms with van der Waals surface area (Å²) in [5.74, 6) is 0.341. The number of benzene rings is 2. The molecule has 0 amide bonds. The van der Waals surface area contributed by atoms with Crippen molar-refractivity contribution in [1.82, 2.24) is 14.6 Å². The molecule has 3 heterocycles. The largest absolute Gasteiger partial charge is 0.467 e. The number of rotatable bonds is 13. The SMILES string of the molecule is C=CCCc1ccccc1-c1cccc(-c2cc3nc(C)c([C@H](OC(C)(C)C)C(=O)OC)c(N4CCC(C)(COCC=C)CC4)n3n2)c1. The van der Waals surface area contributed by atoms with Crippen LogP contribution in [0.5, 0.6) is 0 Å². The summed E-state index contributed by atoms with van der Waals surface area (Å²) in [5, 5.41) is 5.18. The van der Waals surface area contributed by atoms with Gasteiger partial charge in [0.05, 0.1) is 37.2 Å². The molecule has 0 unspecified atom stereocenters. The lowest BCUT2D eigenvalue weighted by atomic mass is 9.81. The maximum absolute atomic E-state index is 13.4. The predicted molar refractivity (Wildman–Crippen MR) is 193 cm³/mol. The van der Waals surface area contributed by atoms with Crippen molar-refractivity contribution < 1.29 is 19.0 Å². The lowest BCUT2D eigenvalue weighted by Gasteiger charge is -2.41. The van der Waals surface area contributed by atoms with Crippen LogP contribution in [-0.2, 0) is 25.4 Å². The number of hydrogen-bond donors (Lipinski definition) is 0. The van der Waals surface area contributed by atoms with Crippen molar-refractivity contribution in [3.8, 4) is 22.4 Å². The van der Waals surface area contributed by atoms with Gasteiger partial charge in [-0.2, -0.15) is 9.61 Å². The fraction of sp³-hybridized carbons (Fsp3) is 0.425. The number of carbonyl (C=O) groups excluding carboxylic acids is 1. The molecule has 5 rings (SSSR count). The summed E-state index contributed by atoms with van der Waals surface area (Å²) in [6.07, 6.45) is 6.45. The number of anilines is 1. The molecule has 0 bridgehead atoms. The molecule has 4 aromatic rings. The van der Waals surface area contributed by atoms with E-state index in [0.29, 0.717) is 30.1 Å². The van der Waals surface area contributed by atoms with Crippen molar-refractivity contribution in [2.75, 3.05) is 38.3 Å². The molecular formula is C40H50N4O4. The van der Waals surface area contributed by atoms with Crippen LogP contribution in [0.1, 0.15) is 69.9 Å². The zero-order chi connectivity index (χ0) is 34.5. The van der Waals surface area contributed by atoms with E-state index in [2.05, 4.69) is 73.5 Å². The third kappa shape index (κ3) is 7.88. The second-order valence-electron chi connectivity index (χ2n) is 14.0. The normalized spacial score (nSPS) is 15.3. The zero-order valence-electron chi connectivity index (χ0n) is 29.4. The number of ether oxygens (including phenoxy) is 3. The lowest BCUT2D eigenvalue weighted by molar-refractivity contribution is -0.164. The van der Waals surface area contributed by atoms with E-state index in [1.807, 2.05) is 44.4 Å². The molecular weight excluding hydrogens is 600 g/mol. The van der Waals surface area contributed by atoms with Gasteiger partial charge < -0.3 is 19.1 Å². The van der Waals surface area contributed by atoms with Crippen LogP contribution in [0.4, 0.5) is 5.82 Å². The van der Waals surface area contributed by atoms with E-state index in [0.717, 1.165) is 61.4 Å². The zero-order valence-corrected chi connectivity index (χ0v) is 29.4. The van der Waals surface area contributed by atoms with Crippen LogP contribution < -0.4 is 4.90 Å². The van der Waals surface area contributed by atoms with E-state index in [9.17, 15) is 4.79 Å². The van der Waals surface area contributed by atoms with Crippen LogP contribution in [0, 0.1) is 12.3 Å². The average molecular weight is 651 g/mol. The molecule has 1 saturated heterocycles. The van der Waals surface area contributed by atoms with Gasteiger partial charge in [-0.3, -0.25) is 0 Å². The summed E-state index contributed by atoms with van der Waals surface area (Å²) in [6, 6.07) is 19.0. The number of esters is 1. The number of allylic oxidation sites excluding steroid dienone is 1. The molecule has 0 spiro atoms. The van der Waals surface area contributed by atoms with Gasteiger partial charge in [-0.25, -0.2) is 9.78 Å². The molecule has 0 aliphatic carbocycles. The minimum atomic E-state index is -0.978. The Hall–Kier alpha value is -4.27. The van der Waals surface area contributed by atoms with E-state index in [1.54, 1.807) is 6.08 Å². The Bertz CT molecular complexity index is 1760. The summed E-state index contributed by atoms with van der Waals surface area (Å²) in [4.78, 5) is 20.7. The fourth-order valence-corrected chi connectivity index (χ4v) is 6.47. The molecule has 1 atom stereocenters. The van der Waals surface area contributed by atoms with E-state index in [-0.39, 0.29) is 5.41 Å². The first-order chi connectivity index (χ1) is 23.0.